The molecule has 1 aromatic heterocycles. The van der Waals surface area contributed by atoms with Crippen LogP contribution in [0.4, 0.5) is 11.6 Å². The predicted octanol–water partition coefficient (Wildman–Crippen LogP) is 2.66. The molecule has 1 N–H and O–H groups in total. The molecule has 0 amide bonds. The van der Waals surface area contributed by atoms with Crippen molar-refractivity contribution in [2.75, 3.05) is 19.0 Å². The molecule has 0 aliphatic carbocycles. The molecule has 0 spiro atoms. The molecule has 0 saturated heterocycles. The Kier molecular flexibility index (Phi) is 4.16. The Bertz CT molecular complexity index is 439. The van der Waals surface area contributed by atoms with Crippen molar-refractivity contribution in [2.24, 2.45) is 0 Å². The third-order valence-corrected chi connectivity index (χ3v) is 2.49. The highest BCUT2D eigenvalue weighted by atomic mass is 16.5. The minimum absolute atomic E-state index is 0.767. The van der Waals surface area contributed by atoms with Crippen LogP contribution in [0.5, 0.6) is 0 Å². The van der Waals surface area contributed by atoms with Gasteiger partial charge in [0.15, 0.2) is 0 Å². The molecule has 90 valence electrons. The molecule has 0 aliphatic rings. The molecule has 4 heteroatoms. The minimum Gasteiger partial charge on any atom is -0.385 e. The van der Waals surface area contributed by atoms with Gasteiger partial charge in [0.05, 0.1) is 0 Å². The lowest BCUT2D eigenvalue weighted by atomic mass is 10.3. The summed E-state index contributed by atoms with van der Waals surface area (Å²) in [6, 6.07) is 10.0. The Morgan fingerprint density at radius 2 is 2.12 bits per heavy atom. The zero-order valence-electron chi connectivity index (χ0n) is 9.97. The van der Waals surface area contributed by atoms with Crippen LogP contribution >= 0.6 is 0 Å². The Hall–Kier alpha value is -1.81. The summed E-state index contributed by atoms with van der Waals surface area (Å²) in [7, 11) is 1.72. The molecule has 0 saturated carbocycles. The average Bonchev–Trinajstić information content (AvgIpc) is 2.79. The predicted molar refractivity (Wildman–Crippen MR) is 68.4 cm³/mol. The summed E-state index contributed by atoms with van der Waals surface area (Å²) in [4.78, 5) is 4.30. The molecule has 1 aromatic carbocycles. The normalized spacial score (nSPS) is 10.4. The maximum absolute atomic E-state index is 5.04. The number of para-hydroxylation sites is 1. The Morgan fingerprint density at radius 3 is 2.88 bits per heavy atom. The van der Waals surface area contributed by atoms with E-state index >= 15 is 0 Å². The second-order valence-corrected chi connectivity index (χ2v) is 3.78. The average molecular weight is 231 g/mol. The molecule has 2 aromatic rings. The highest BCUT2D eigenvalue weighted by Gasteiger charge is 2.02. The van der Waals surface area contributed by atoms with E-state index in [9.17, 15) is 0 Å². The van der Waals surface area contributed by atoms with Gasteiger partial charge in [0, 0.05) is 38.3 Å². The standard InChI is InChI=1S/C13H17N3O/c1-17-11-5-9-16-10-8-14-13(16)15-12-6-3-2-4-7-12/h2-4,6-8,10H,5,9,11H2,1H3,(H,14,15). The number of nitrogens with zero attached hydrogens (tertiary/aromatic N) is 2. The summed E-state index contributed by atoms with van der Waals surface area (Å²) in [5.41, 5.74) is 1.05. The lowest BCUT2D eigenvalue weighted by Gasteiger charge is -2.09. The number of imidazole rings is 1. The van der Waals surface area contributed by atoms with Gasteiger partial charge in [-0.1, -0.05) is 18.2 Å². The monoisotopic (exact) mass is 231 g/mol. The maximum Gasteiger partial charge on any atom is 0.207 e. The van der Waals surface area contributed by atoms with Gasteiger partial charge in [-0.15, -0.1) is 0 Å². The molecule has 1 heterocycles. The molecule has 0 atom stereocenters. The van der Waals surface area contributed by atoms with E-state index in [4.69, 9.17) is 4.74 Å². The van der Waals surface area contributed by atoms with E-state index in [1.165, 1.54) is 0 Å². The second kappa shape index (κ2) is 6.06. The highest BCUT2D eigenvalue weighted by Crippen LogP contribution is 2.14. The van der Waals surface area contributed by atoms with Crippen molar-refractivity contribution in [1.82, 2.24) is 9.55 Å². The van der Waals surface area contributed by atoms with Crippen LogP contribution in [-0.4, -0.2) is 23.3 Å². The third kappa shape index (κ3) is 3.32. The van der Waals surface area contributed by atoms with Crippen LogP contribution in [0.25, 0.3) is 0 Å². The Labute approximate surface area is 101 Å². The van der Waals surface area contributed by atoms with Crippen LogP contribution in [0.1, 0.15) is 6.42 Å². The number of nitrogens with one attached hydrogen (secondary N) is 1. The summed E-state index contributed by atoms with van der Waals surface area (Å²) in [6.07, 6.45) is 4.76. The molecular formula is C13H17N3O. The maximum atomic E-state index is 5.04. The topological polar surface area (TPSA) is 39.1 Å². The molecule has 0 bridgehead atoms. The van der Waals surface area contributed by atoms with Gasteiger partial charge in [-0.05, 0) is 18.6 Å². The molecule has 0 unspecified atom stereocenters. The molecule has 17 heavy (non-hydrogen) atoms. The van der Waals surface area contributed by atoms with E-state index in [1.54, 1.807) is 13.3 Å². The first-order valence-corrected chi connectivity index (χ1v) is 5.72. The van der Waals surface area contributed by atoms with Gasteiger partial charge in [-0.25, -0.2) is 4.98 Å². The van der Waals surface area contributed by atoms with Crippen molar-refractivity contribution in [3.8, 4) is 0 Å². The zero-order valence-corrected chi connectivity index (χ0v) is 9.97. The zero-order chi connectivity index (χ0) is 11.9. The molecule has 0 aliphatic heterocycles. The second-order valence-electron chi connectivity index (χ2n) is 3.78. The first-order valence-electron chi connectivity index (χ1n) is 5.72. The Morgan fingerprint density at radius 1 is 1.29 bits per heavy atom. The minimum atomic E-state index is 0.767. The van der Waals surface area contributed by atoms with Crippen LogP contribution in [0.15, 0.2) is 42.7 Å². The first kappa shape index (κ1) is 11.7. The van der Waals surface area contributed by atoms with Crippen molar-refractivity contribution in [1.29, 1.82) is 0 Å². The number of hydrogen-bond acceptors (Lipinski definition) is 3. The van der Waals surface area contributed by atoms with E-state index in [-0.39, 0.29) is 0 Å². The van der Waals surface area contributed by atoms with Gasteiger partial charge in [0.2, 0.25) is 5.95 Å². The van der Waals surface area contributed by atoms with Gasteiger partial charge in [-0.2, -0.15) is 0 Å². The van der Waals surface area contributed by atoms with E-state index in [1.807, 2.05) is 36.5 Å². The number of aromatic nitrogens is 2. The fourth-order valence-electron chi connectivity index (χ4n) is 1.64. The van der Waals surface area contributed by atoms with Crippen molar-refractivity contribution in [2.45, 2.75) is 13.0 Å². The van der Waals surface area contributed by atoms with Crippen LogP contribution in [-0.2, 0) is 11.3 Å². The van der Waals surface area contributed by atoms with Gasteiger partial charge < -0.3 is 14.6 Å². The largest absolute Gasteiger partial charge is 0.385 e. The van der Waals surface area contributed by atoms with Crippen molar-refractivity contribution in [3.05, 3.63) is 42.7 Å². The number of methoxy groups -OCH3 is 1. The summed E-state index contributed by atoms with van der Waals surface area (Å²) < 4.78 is 7.13. The van der Waals surface area contributed by atoms with Crippen molar-refractivity contribution in [3.63, 3.8) is 0 Å². The molecule has 0 radical (unpaired) electrons. The summed E-state index contributed by atoms with van der Waals surface area (Å²) in [5.74, 6) is 0.868. The van der Waals surface area contributed by atoms with Crippen LogP contribution in [0.2, 0.25) is 0 Å². The first-order chi connectivity index (χ1) is 8.40. The van der Waals surface area contributed by atoms with E-state index in [2.05, 4.69) is 14.9 Å². The van der Waals surface area contributed by atoms with Crippen molar-refractivity contribution >= 4 is 11.6 Å². The number of aryl methyl sites for hydroxylation is 1. The van der Waals surface area contributed by atoms with E-state index in [0.29, 0.717) is 0 Å². The fourth-order valence-corrected chi connectivity index (χ4v) is 1.64. The lowest BCUT2D eigenvalue weighted by molar-refractivity contribution is 0.190. The van der Waals surface area contributed by atoms with E-state index in [0.717, 1.165) is 31.2 Å². The van der Waals surface area contributed by atoms with E-state index < -0.39 is 0 Å². The van der Waals surface area contributed by atoms with Crippen LogP contribution in [0.3, 0.4) is 0 Å². The molecule has 2 rings (SSSR count). The molecular weight excluding hydrogens is 214 g/mol. The fraction of sp³-hybridized carbons (Fsp3) is 0.308. The van der Waals surface area contributed by atoms with Gasteiger partial charge in [-0.3, -0.25) is 0 Å². The van der Waals surface area contributed by atoms with Crippen LogP contribution in [0, 0.1) is 0 Å². The summed E-state index contributed by atoms with van der Waals surface area (Å²) >= 11 is 0. The van der Waals surface area contributed by atoms with Gasteiger partial charge in [0.25, 0.3) is 0 Å². The van der Waals surface area contributed by atoms with Crippen molar-refractivity contribution < 1.29 is 4.74 Å². The lowest BCUT2D eigenvalue weighted by Crippen LogP contribution is -2.05. The SMILES string of the molecule is COCCCn1ccnc1Nc1ccccc1. The quantitative estimate of drug-likeness (QED) is 0.777. The number of hydrogen-bond donors (Lipinski definition) is 1. The molecule has 4 nitrogen and oxygen atoms in total. The summed E-state index contributed by atoms with van der Waals surface area (Å²) in [6.45, 7) is 1.67. The number of rotatable bonds is 6. The third-order valence-electron chi connectivity index (χ3n) is 2.49. The summed E-state index contributed by atoms with van der Waals surface area (Å²) in [5, 5.41) is 3.29. The number of benzene rings is 1. The number of anilines is 2. The number of ether oxygens (including phenoxy) is 1. The molecule has 0 fully saturated rings. The smallest absolute Gasteiger partial charge is 0.207 e. The van der Waals surface area contributed by atoms with Gasteiger partial charge in [0.1, 0.15) is 0 Å². The van der Waals surface area contributed by atoms with Gasteiger partial charge >= 0.3 is 0 Å². The highest BCUT2D eigenvalue weighted by molar-refractivity contribution is 5.52. The van der Waals surface area contributed by atoms with Crippen LogP contribution < -0.4 is 5.32 Å². The Balaban J connectivity index is 1.99.